The van der Waals surface area contributed by atoms with E-state index in [4.69, 9.17) is 0 Å². The highest BCUT2D eigenvalue weighted by atomic mass is 35.5. The van der Waals surface area contributed by atoms with E-state index in [1.54, 1.807) is 48.8 Å². The Bertz CT molecular complexity index is 1030. The van der Waals surface area contributed by atoms with Crippen LogP contribution >= 0.6 is 24.8 Å². The summed E-state index contributed by atoms with van der Waals surface area (Å²) in [6, 6.07) is 12.4. The van der Waals surface area contributed by atoms with Crippen LogP contribution in [-0.2, 0) is 0 Å². The summed E-state index contributed by atoms with van der Waals surface area (Å²) in [5, 5.41) is 6.10. The molecule has 7 nitrogen and oxygen atoms in total. The average molecular weight is 464 g/mol. The Morgan fingerprint density at radius 1 is 1.10 bits per heavy atom. The summed E-state index contributed by atoms with van der Waals surface area (Å²) < 4.78 is 0. The molecule has 3 N–H and O–H groups in total. The zero-order valence-corrected chi connectivity index (χ0v) is 18.9. The van der Waals surface area contributed by atoms with Crippen LogP contribution in [0.2, 0.25) is 0 Å². The van der Waals surface area contributed by atoms with Crippen molar-refractivity contribution in [3.8, 4) is 0 Å². The molecule has 1 fully saturated rings. The van der Waals surface area contributed by atoms with Crippen LogP contribution in [0.25, 0.3) is 11.0 Å². The molecule has 31 heavy (non-hydrogen) atoms. The van der Waals surface area contributed by atoms with Crippen molar-refractivity contribution in [3.05, 3.63) is 59.9 Å². The molecule has 0 radical (unpaired) electrons. The van der Waals surface area contributed by atoms with Gasteiger partial charge in [-0.3, -0.25) is 9.59 Å². The first-order valence-corrected chi connectivity index (χ1v) is 9.92. The van der Waals surface area contributed by atoms with Crippen molar-refractivity contribution in [2.24, 2.45) is 5.92 Å². The number of H-pyrrole nitrogens is 1. The lowest BCUT2D eigenvalue weighted by atomic mass is 9.96. The zero-order chi connectivity index (χ0) is 20.2. The molecule has 166 valence electrons. The molecule has 2 aromatic carbocycles. The molecule has 3 aromatic rings. The van der Waals surface area contributed by atoms with Gasteiger partial charge in [0.15, 0.2) is 0 Å². The highest BCUT2D eigenvalue weighted by Gasteiger charge is 2.23. The van der Waals surface area contributed by atoms with E-state index in [1.165, 1.54) is 0 Å². The predicted octanol–water partition coefficient (Wildman–Crippen LogP) is 3.73. The van der Waals surface area contributed by atoms with Crippen molar-refractivity contribution in [1.29, 1.82) is 0 Å². The minimum absolute atomic E-state index is 0. The normalized spacial score (nSPS) is 13.9. The van der Waals surface area contributed by atoms with Gasteiger partial charge >= 0.3 is 0 Å². The van der Waals surface area contributed by atoms with Crippen molar-refractivity contribution in [1.82, 2.24) is 20.2 Å². The highest BCUT2D eigenvalue weighted by Crippen LogP contribution is 2.20. The number of imidazole rings is 1. The fourth-order valence-corrected chi connectivity index (χ4v) is 3.82. The van der Waals surface area contributed by atoms with Gasteiger partial charge in [0, 0.05) is 29.9 Å². The van der Waals surface area contributed by atoms with Crippen molar-refractivity contribution in [2.75, 3.05) is 32.0 Å². The summed E-state index contributed by atoms with van der Waals surface area (Å²) in [6.45, 7) is 2.53. The van der Waals surface area contributed by atoms with Crippen LogP contribution in [0.5, 0.6) is 0 Å². The lowest BCUT2D eigenvalue weighted by molar-refractivity contribution is 0.0690. The van der Waals surface area contributed by atoms with E-state index in [1.807, 2.05) is 11.9 Å². The molecule has 0 bridgehead atoms. The molecule has 1 aliphatic rings. The molecule has 0 unspecified atom stereocenters. The molecule has 2 amide bonds. The van der Waals surface area contributed by atoms with Crippen LogP contribution in [0.15, 0.2) is 48.8 Å². The number of rotatable bonds is 5. The molecule has 1 saturated heterocycles. The average Bonchev–Trinajstić information content (AvgIpc) is 3.22. The van der Waals surface area contributed by atoms with Gasteiger partial charge < -0.3 is 20.5 Å². The number of benzene rings is 2. The van der Waals surface area contributed by atoms with Gasteiger partial charge in [0.2, 0.25) is 0 Å². The van der Waals surface area contributed by atoms with E-state index in [2.05, 4.69) is 20.6 Å². The Kier molecular flexibility index (Phi) is 8.86. The Hall–Kier alpha value is -2.61. The van der Waals surface area contributed by atoms with Crippen LogP contribution in [-0.4, -0.2) is 53.4 Å². The summed E-state index contributed by atoms with van der Waals surface area (Å²) in [4.78, 5) is 34.6. The van der Waals surface area contributed by atoms with E-state index in [9.17, 15) is 9.59 Å². The SMILES string of the molecule is CNCC1CCN(C(=O)c2cccc(NC(=O)c3ccc4nc[nH]c4c3)c2)CC1.Cl.Cl. The summed E-state index contributed by atoms with van der Waals surface area (Å²) in [6.07, 6.45) is 3.63. The van der Waals surface area contributed by atoms with Gasteiger partial charge in [0.25, 0.3) is 11.8 Å². The smallest absolute Gasteiger partial charge is 0.255 e. The predicted molar refractivity (Wildman–Crippen MR) is 128 cm³/mol. The van der Waals surface area contributed by atoms with E-state index >= 15 is 0 Å². The second-order valence-electron chi connectivity index (χ2n) is 7.46. The van der Waals surface area contributed by atoms with Gasteiger partial charge in [-0.25, -0.2) is 4.98 Å². The number of carbonyl (C=O) groups is 2. The maximum atomic E-state index is 12.9. The van der Waals surface area contributed by atoms with Crippen LogP contribution in [0, 0.1) is 5.92 Å². The maximum Gasteiger partial charge on any atom is 0.255 e. The van der Waals surface area contributed by atoms with Crippen molar-refractivity contribution in [3.63, 3.8) is 0 Å². The summed E-state index contributed by atoms with van der Waals surface area (Å²) in [5.41, 5.74) is 3.36. The first kappa shape index (κ1) is 24.7. The number of amides is 2. The Labute approximate surface area is 193 Å². The molecule has 4 rings (SSSR count). The topological polar surface area (TPSA) is 90.1 Å². The van der Waals surface area contributed by atoms with Crippen LogP contribution in [0.1, 0.15) is 33.6 Å². The number of aromatic nitrogens is 2. The number of likely N-dealkylation sites (tertiary alicyclic amines) is 1. The monoisotopic (exact) mass is 463 g/mol. The zero-order valence-electron chi connectivity index (χ0n) is 17.3. The third-order valence-corrected chi connectivity index (χ3v) is 5.44. The van der Waals surface area contributed by atoms with Crippen LogP contribution in [0.3, 0.4) is 0 Å². The van der Waals surface area contributed by atoms with Crippen molar-refractivity contribution < 1.29 is 9.59 Å². The third kappa shape index (κ3) is 5.76. The van der Waals surface area contributed by atoms with Crippen LogP contribution < -0.4 is 10.6 Å². The van der Waals surface area contributed by atoms with Gasteiger partial charge in [-0.2, -0.15) is 0 Å². The number of halogens is 2. The van der Waals surface area contributed by atoms with Crippen LogP contribution in [0.4, 0.5) is 5.69 Å². The van der Waals surface area contributed by atoms with Crippen molar-refractivity contribution >= 4 is 53.3 Å². The van der Waals surface area contributed by atoms with E-state index in [0.29, 0.717) is 22.7 Å². The number of nitrogens with zero attached hydrogens (tertiary/aromatic N) is 2. The van der Waals surface area contributed by atoms with E-state index in [0.717, 1.165) is 43.5 Å². The molecular weight excluding hydrogens is 437 g/mol. The second-order valence-corrected chi connectivity index (χ2v) is 7.46. The Balaban J connectivity index is 0.00000171. The number of carbonyl (C=O) groups excluding carboxylic acids is 2. The quantitative estimate of drug-likeness (QED) is 0.537. The Morgan fingerprint density at radius 2 is 1.87 bits per heavy atom. The van der Waals surface area contributed by atoms with E-state index < -0.39 is 0 Å². The standard InChI is InChI=1S/C22H25N5O2.2ClH/c1-23-13-15-7-9-27(10-8-15)22(29)17-3-2-4-18(11-17)26-21(28)16-5-6-19-20(12-16)25-14-24-19;;/h2-6,11-12,14-15,23H,7-10,13H2,1H3,(H,24,25)(H,26,28);2*1H. The van der Waals surface area contributed by atoms with Gasteiger partial charge in [-0.05, 0) is 68.8 Å². The maximum absolute atomic E-state index is 12.9. The first-order valence-electron chi connectivity index (χ1n) is 9.92. The number of anilines is 1. The number of fused-ring (bicyclic) bond motifs is 1. The fraction of sp³-hybridized carbons (Fsp3) is 0.318. The van der Waals surface area contributed by atoms with Gasteiger partial charge in [0.05, 0.1) is 17.4 Å². The summed E-state index contributed by atoms with van der Waals surface area (Å²) in [5.74, 6) is 0.420. The molecule has 0 saturated carbocycles. The van der Waals surface area contributed by atoms with Gasteiger partial charge in [0.1, 0.15) is 0 Å². The largest absolute Gasteiger partial charge is 0.345 e. The molecule has 2 heterocycles. The molecule has 0 atom stereocenters. The minimum Gasteiger partial charge on any atom is -0.345 e. The molecule has 0 spiro atoms. The van der Waals surface area contributed by atoms with Gasteiger partial charge in [-0.15, -0.1) is 24.8 Å². The molecule has 0 aliphatic carbocycles. The number of nitrogens with one attached hydrogen (secondary N) is 3. The Morgan fingerprint density at radius 3 is 2.61 bits per heavy atom. The number of aromatic amines is 1. The third-order valence-electron chi connectivity index (χ3n) is 5.44. The fourth-order valence-electron chi connectivity index (χ4n) is 3.82. The number of piperidine rings is 1. The lowest BCUT2D eigenvalue weighted by Gasteiger charge is -2.32. The molecule has 9 heteroatoms. The van der Waals surface area contributed by atoms with E-state index in [-0.39, 0.29) is 36.6 Å². The molecule has 1 aromatic heterocycles. The minimum atomic E-state index is -0.223. The number of hydrogen-bond donors (Lipinski definition) is 3. The summed E-state index contributed by atoms with van der Waals surface area (Å²) in [7, 11) is 1.96. The first-order chi connectivity index (χ1) is 14.1. The van der Waals surface area contributed by atoms with Crippen molar-refractivity contribution in [2.45, 2.75) is 12.8 Å². The number of hydrogen-bond acceptors (Lipinski definition) is 4. The van der Waals surface area contributed by atoms with Gasteiger partial charge in [-0.1, -0.05) is 6.07 Å². The molecule has 1 aliphatic heterocycles. The second kappa shape index (κ2) is 11.1. The summed E-state index contributed by atoms with van der Waals surface area (Å²) >= 11 is 0. The highest BCUT2D eigenvalue weighted by molar-refractivity contribution is 6.06. The molecular formula is C22H27Cl2N5O2. The lowest BCUT2D eigenvalue weighted by Crippen LogP contribution is -2.40.